The number of fused-ring (bicyclic) bond motifs is 2. The third-order valence-electron chi connectivity index (χ3n) is 14.1. The summed E-state index contributed by atoms with van der Waals surface area (Å²) in [5.74, 6) is -0.246. The van der Waals surface area contributed by atoms with Crippen molar-refractivity contribution in [2.45, 2.75) is 81.4 Å². The topological polar surface area (TPSA) is 182 Å². The van der Waals surface area contributed by atoms with Gasteiger partial charge in [-0.15, -0.1) is 0 Å². The zero-order chi connectivity index (χ0) is 44.9. The second-order valence-corrected chi connectivity index (χ2v) is 20.2. The molecule has 6 heterocycles. The number of piperidine rings is 1. The third-order valence-corrected chi connectivity index (χ3v) is 15.4. The van der Waals surface area contributed by atoms with E-state index in [1.807, 2.05) is 12.1 Å². The lowest BCUT2D eigenvalue weighted by molar-refractivity contribution is -0.386. The Bertz CT molecular complexity index is 2700. The Balaban J connectivity index is 0.853. The van der Waals surface area contributed by atoms with Gasteiger partial charge in [-0.3, -0.25) is 24.7 Å². The van der Waals surface area contributed by atoms with E-state index in [-0.39, 0.29) is 29.4 Å². The predicted molar refractivity (Wildman–Crippen MR) is 244 cm³/mol. The number of amides is 1. The highest BCUT2D eigenvalue weighted by molar-refractivity contribution is 7.90. The lowest BCUT2D eigenvalue weighted by Gasteiger charge is -2.56. The van der Waals surface area contributed by atoms with Crippen LogP contribution in [0.1, 0.15) is 85.8 Å². The van der Waals surface area contributed by atoms with Gasteiger partial charge in [-0.05, 0) is 91.8 Å². The van der Waals surface area contributed by atoms with E-state index < -0.39 is 37.5 Å². The summed E-state index contributed by atoms with van der Waals surface area (Å²) in [6.07, 6.45) is 9.70. The number of hydrogen-bond acceptors (Lipinski definition) is 13. The SMILES string of the molecule is CC(C)c1ccccc1[C@H]1CCCN1C1CC2(CCN(c3ccc(C(=O)NS(=O)(=O)c4cc5c(c([N+](=O)[O-])c4)O[C@@H](CN4CCOCC4)CO5)c(Oc4cnc5[nH]ccc5c4)c3)CC2)C1. The number of sulfonamides is 1. The maximum Gasteiger partial charge on any atom is 0.316 e. The lowest BCUT2D eigenvalue weighted by atomic mass is 9.59. The Morgan fingerprint density at radius 2 is 1.83 bits per heavy atom. The number of pyridine rings is 1. The number of carbonyl (C=O) groups excluding carboxylic acids is 1. The van der Waals surface area contributed by atoms with E-state index >= 15 is 0 Å². The second kappa shape index (κ2) is 17.6. The highest BCUT2D eigenvalue weighted by Crippen LogP contribution is 2.54. The molecular formula is C48H55N7O9S. The Kier molecular flexibility index (Phi) is 11.7. The average Bonchev–Trinajstić information content (AvgIpc) is 3.98. The lowest BCUT2D eigenvalue weighted by Crippen LogP contribution is -2.54. The van der Waals surface area contributed by atoms with Gasteiger partial charge in [-0.1, -0.05) is 38.1 Å². The highest BCUT2D eigenvalue weighted by atomic mass is 32.2. The van der Waals surface area contributed by atoms with Crippen LogP contribution in [-0.4, -0.2) is 110 Å². The van der Waals surface area contributed by atoms with E-state index in [0.29, 0.717) is 67.7 Å². The summed E-state index contributed by atoms with van der Waals surface area (Å²) in [6, 6.07) is 20.8. The summed E-state index contributed by atoms with van der Waals surface area (Å²) in [7, 11) is -4.67. The minimum absolute atomic E-state index is 0.0426. The van der Waals surface area contributed by atoms with Gasteiger partial charge in [0.05, 0.1) is 34.8 Å². The van der Waals surface area contributed by atoms with Crippen LogP contribution in [0.25, 0.3) is 11.0 Å². The smallest absolute Gasteiger partial charge is 0.316 e. The number of aromatic nitrogens is 2. The number of benzene rings is 3. The molecule has 65 heavy (non-hydrogen) atoms. The zero-order valence-electron chi connectivity index (χ0n) is 36.7. The Hall–Kier alpha value is -5.75. The number of H-pyrrole nitrogens is 1. The van der Waals surface area contributed by atoms with Crippen LogP contribution >= 0.6 is 0 Å². The fourth-order valence-electron chi connectivity index (χ4n) is 10.7. The number of nitro benzene ring substituents is 1. The Morgan fingerprint density at radius 3 is 2.62 bits per heavy atom. The van der Waals surface area contributed by atoms with Gasteiger partial charge in [0, 0.05) is 80.3 Å². The monoisotopic (exact) mass is 905 g/mol. The number of carbonyl (C=O) groups is 1. The van der Waals surface area contributed by atoms with Gasteiger partial charge < -0.3 is 28.8 Å². The van der Waals surface area contributed by atoms with Crippen molar-refractivity contribution >= 4 is 38.3 Å². The minimum Gasteiger partial charge on any atom is -0.485 e. The van der Waals surface area contributed by atoms with E-state index in [4.69, 9.17) is 18.9 Å². The number of rotatable bonds is 12. The normalized spacial score (nSPS) is 21.4. The van der Waals surface area contributed by atoms with Gasteiger partial charge in [0.15, 0.2) is 5.75 Å². The van der Waals surface area contributed by atoms with E-state index in [9.17, 15) is 23.3 Å². The van der Waals surface area contributed by atoms with Gasteiger partial charge in [0.2, 0.25) is 5.75 Å². The summed E-state index contributed by atoms with van der Waals surface area (Å²) in [4.78, 5) is 39.8. The number of nitrogens with one attached hydrogen (secondary N) is 2. The van der Waals surface area contributed by atoms with Crippen LogP contribution in [0.2, 0.25) is 0 Å². The summed E-state index contributed by atoms with van der Waals surface area (Å²) in [6.45, 7) is 10.4. The van der Waals surface area contributed by atoms with Crippen LogP contribution in [0.5, 0.6) is 23.0 Å². The maximum absolute atomic E-state index is 14.1. The van der Waals surface area contributed by atoms with Crippen molar-refractivity contribution in [3.05, 3.63) is 106 Å². The summed E-state index contributed by atoms with van der Waals surface area (Å²) in [5.41, 5.74) is 4.13. The van der Waals surface area contributed by atoms with Crippen molar-refractivity contribution in [2.24, 2.45) is 5.41 Å². The summed E-state index contributed by atoms with van der Waals surface area (Å²) < 4.78 is 53.6. The first-order valence-electron chi connectivity index (χ1n) is 22.8. The molecular weight excluding hydrogens is 851 g/mol. The molecule has 10 rings (SSSR count). The number of ether oxygens (including phenoxy) is 4. The van der Waals surface area contributed by atoms with E-state index in [2.05, 4.69) is 67.5 Å². The molecule has 16 nitrogen and oxygen atoms in total. The molecule has 2 N–H and O–H groups in total. The zero-order valence-corrected chi connectivity index (χ0v) is 37.6. The molecule has 4 aliphatic heterocycles. The molecule has 1 amide bonds. The molecule has 4 fully saturated rings. The molecule has 17 heteroatoms. The van der Waals surface area contributed by atoms with Gasteiger partial charge in [0.25, 0.3) is 15.9 Å². The van der Waals surface area contributed by atoms with Crippen LogP contribution in [0.15, 0.2) is 84.0 Å². The molecule has 1 spiro atoms. The second-order valence-electron chi connectivity index (χ2n) is 18.5. The van der Waals surface area contributed by atoms with Crippen molar-refractivity contribution in [2.75, 3.05) is 64.0 Å². The van der Waals surface area contributed by atoms with E-state index in [1.165, 1.54) is 43.0 Å². The van der Waals surface area contributed by atoms with E-state index in [1.54, 1.807) is 24.4 Å². The quantitative estimate of drug-likeness (QED) is 0.0926. The van der Waals surface area contributed by atoms with Crippen molar-refractivity contribution in [3.8, 4) is 23.0 Å². The Labute approximate surface area is 378 Å². The number of nitro groups is 1. The van der Waals surface area contributed by atoms with Crippen molar-refractivity contribution in [3.63, 3.8) is 0 Å². The van der Waals surface area contributed by atoms with Crippen LogP contribution in [0.3, 0.4) is 0 Å². The number of anilines is 1. The van der Waals surface area contributed by atoms with Crippen LogP contribution < -0.4 is 23.8 Å². The summed E-state index contributed by atoms with van der Waals surface area (Å²) in [5, 5.41) is 13.1. The molecule has 5 aromatic rings. The first-order valence-corrected chi connectivity index (χ1v) is 24.2. The van der Waals surface area contributed by atoms with Crippen molar-refractivity contribution < 1.29 is 37.1 Å². The molecule has 2 aromatic heterocycles. The molecule has 3 aromatic carbocycles. The largest absolute Gasteiger partial charge is 0.485 e. The van der Waals surface area contributed by atoms with Crippen LogP contribution in [-0.2, 0) is 14.8 Å². The first kappa shape index (κ1) is 43.2. The number of hydrogen-bond donors (Lipinski definition) is 2. The van der Waals surface area contributed by atoms with Crippen LogP contribution in [0, 0.1) is 15.5 Å². The number of likely N-dealkylation sites (tertiary alicyclic amines) is 1. The van der Waals surface area contributed by atoms with Crippen LogP contribution in [0.4, 0.5) is 11.4 Å². The minimum atomic E-state index is -4.67. The standard InChI is InChI=1S/C48H55N7O9S/c1-31(2)38-6-3-4-7-39(38)41-8-5-15-54(41)34-26-48(27-34)12-16-53(17-13-48)33-9-10-40(43(23-33)63-35-22-32-11-14-49-46(32)50-28-35)47(56)51-65(59,60)37-24-42(55(57)58)45-44(25-37)62-30-36(64-45)29-52-18-20-61-21-19-52/h3-4,6-7,9-11,14,22-25,28,31,34,36,41H,5,8,12-13,15-21,26-27,29-30H2,1-2H3,(H,49,50)(H,51,56)/t36-,41+/m0/s1. The molecule has 342 valence electrons. The number of nitrogens with zero attached hydrogens (tertiary/aromatic N) is 5. The number of aromatic amines is 1. The Morgan fingerprint density at radius 1 is 1.03 bits per heavy atom. The molecule has 3 saturated heterocycles. The first-order chi connectivity index (χ1) is 31.4. The van der Waals surface area contributed by atoms with Crippen molar-refractivity contribution in [1.82, 2.24) is 24.5 Å². The fraction of sp³-hybridized carbons (Fsp3) is 0.458. The van der Waals surface area contributed by atoms with Gasteiger partial charge in [-0.25, -0.2) is 18.1 Å². The number of morpholine rings is 1. The van der Waals surface area contributed by atoms with Crippen molar-refractivity contribution in [1.29, 1.82) is 0 Å². The van der Waals surface area contributed by atoms with E-state index in [0.717, 1.165) is 55.7 Å². The molecule has 2 atom stereocenters. The molecule has 0 bridgehead atoms. The molecule has 0 radical (unpaired) electrons. The van der Waals surface area contributed by atoms with Gasteiger partial charge in [0.1, 0.15) is 29.9 Å². The molecule has 1 saturated carbocycles. The molecule has 0 unspecified atom stereocenters. The maximum atomic E-state index is 14.1. The third kappa shape index (κ3) is 8.74. The van der Waals surface area contributed by atoms with Gasteiger partial charge in [-0.2, -0.15) is 0 Å². The average molecular weight is 906 g/mol. The predicted octanol–water partition coefficient (Wildman–Crippen LogP) is 7.56. The summed E-state index contributed by atoms with van der Waals surface area (Å²) >= 11 is 0. The fourth-order valence-corrected chi connectivity index (χ4v) is 11.7. The highest BCUT2D eigenvalue weighted by Gasteiger charge is 2.50. The molecule has 5 aliphatic rings. The van der Waals surface area contributed by atoms with Gasteiger partial charge >= 0.3 is 5.69 Å². The molecule has 1 aliphatic carbocycles.